The minimum absolute atomic E-state index is 0.0188. The number of amides is 2. The summed E-state index contributed by atoms with van der Waals surface area (Å²) in [5.74, 6) is 1.41. The van der Waals surface area contributed by atoms with E-state index in [0.29, 0.717) is 40.8 Å². The number of ether oxygens (including phenoxy) is 2. The van der Waals surface area contributed by atoms with Crippen molar-refractivity contribution in [1.82, 2.24) is 14.9 Å². The molecule has 0 bridgehead atoms. The van der Waals surface area contributed by atoms with Gasteiger partial charge in [-0.1, -0.05) is 20.8 Å². The molecule has 3 aromatic rings. The molecule has 1 aliphatic rings. The van der Waals surface area contributed by atoms with Gasteiger partial charge in [-0.25, -0.2) is 4.98 Å². The van der Waals surface area contributed by atoms with Crippen molar-refractivity contribution in [1.29, 1.82) is 0 Å². The first-order chi connectivity index (χ1) is 19.3. The minimum Gasteiger partial charge on any atom is -0.488 e. The van der Waals surface area contributed by atoms with Crippen molar-refractivity contribution in [2.75, 3.05) is 25.0 Å². The summed E-state index contributed by atoms with van der Waals surface area (Å²) in [4.78, 5) is 35.9. The van der Waals surface area contributed by atoms with Gasteiger partial charge in [-0.05, 0) is 74.8 Å². The Morgan fingerprint density at radius 2 is 1.66 bits per heavy atom. The Morgan fingerprint density at radius 1 is 0.976 bits per heavy atom. The number of hydrogen-bond acceptors (Lipinski definition) is 7. The van der Waals surface area contributed by atoms with Crippen LogP contribution in [-0.2, 0) is 4.43 Å². The van der Waals surface area contributed by atoms with Crippen molar-refractivity contribution in [2.45, 2.75) is 65.3 Å². The summed E-state index contributed by atoms with van der Waals surface area (Å²) >= 11 is 0. The van der Waals surface area contributed by atoms with Gasteiger partial charge in [-0.2, -0.15) is 0 Å². The van der Waals surface area contributed by atoms with Crippen LogP contribution in [0.25, 0.3) is 0 Å². The number of anilines is 1. The lowest BCUT2D eigenvalue weighted by Crippen LogP contribution is -2.43. The number of hydrogen-bond donors (Lipinski definition) is 1. The van der Waals surface area contributed by atoms with E-state index in [1.807, 2.05) is 18.7 Å². The molecule has 2 aromatic carbocycles. The Morgan fingerprint density at radius 3 is 2.24 bits per heavy atom. The first-order valence-electron chi connectivity index (χ1n) is 13.9. The Kier molecular flexibility index (Phi) is 9.13. The van der Waals surface area contributed by atoms with Crippen LogP contribution < -0.4 is 14.8 Å². The Balaban J connectivity index is 1.53. The fraction of sp³-hybridized carbons (Fsp3) is 0.419. The Hall–Kier alpha value is -3.76. The van der Waals surface area contributed by atoms with Gasteiger partial charge in [0, 0.05) is 30.3 Å². The molecular formula is C31H40N4O5Si. The van der Waals surface area contributed by atoms with Crippen LogP contribution >= 0.6 is 0 Å². The first kappa shape index (κ1) is 30.2. The third kappa shape index (κ3) is 7.92. The van der Waals surface area contributed by atoms with Crippen LogP contribution in [0.1, 0.15) is 60.5 Å². The maximum atomic E-state index is 13.2. The second-order valence-corrected chi connectivity index (χ2v) is 16.8. The molecule has 218 valence electrons. The van der Waals surface area contributed by atoms with Gasteiger partial charge in [0.2, 0.25) is 0 Å². The molecule has 0 saturated carbocycles. The van der Waals surface area contributed by atoms with Crippen molar-refractivity contribution < 1.29 is 23.5 Å². The van der Waals surface area contributed by atoms with Gasteiger partial charge >= 0.3 is 0 Å². The number of aromatic nitrogens is 2. The van der Waals surface area contributed by atoms with E-state index in [4.69, 9.17) is 13.9 Å². The molecule has 0 aliphatic carbocycles. The molecule has 9 nitrogen and oxygen atoms in total. The maximum Gasteiger partial charge on any atom is 0.257 e. The lowest BCUT2D eigenvalue weighted by Gasteiger charge is -2.36. The number of likely N-dealkylation sites (tertiary alicyclic amines) is 1. The van der Waals surface area contributed by atoms with E-state index >= 15 is 0 Å². The van der Waals surface area contributed by atoms with Gasteiger partial charge in [-0.3, -0.25) is 14.6 Å². The normalized spacial score (nSPS) is 14.2. The molecule has 1 N–H and O–H groups in total. The van der Waals surface area contributed by atoms with Crippen LogP contribution in [0, 0.1) is 6.92 Å². The molecule has 1 atom stereocenters. The highest BCUT2D eigenvalue weighted by Gasteiger charge is 2.37. The predicted molar refractivity (Wildman–Crippen MR) is 161 cm³/mol. The smallest absolute Gasteiger partial charge is 0.257 e. The standard InChI is InChI=1S/C31H40N4O5Si/c1-21-18-33-28(19-32-21)34-29(36)24-15-26(39-22(2)20-38-41(6,7)31(3,4)5)17-27(16-24)40-25-11-9-23(10-12-25)30(37)35-13-8-14-35/h9-12,15-19,22H,8,13-14,20H2,1-7H3,(H,33,34,36). The predicted octanol–water partition coefficient (Wildman–Crippen LogP) is 6.46. The summed E-state index contributed by atoms with van der Waals surface area (Å²) in [5.41, 5.74) is 1.70. The van der Waals surface area contributed by atoms with Crippen LogP contribution in [0.5, 0.6) is 17.2 Å². The topological polar surface area (TPSA) is 103 Å². The molecule has 4 rings (SSSR count). The van der Waals surface area contributed by atoms with Crippen LogP contribution in [-0.4, -0.2) is 60.8 Å². The Bertz CT molecular complexity index is 1370. The zero-order chi connectivity index (χ0) is 29.8. The highest BCUT2D eigenvalue weighted by molar-refractivity contribution is 6.74. The average Bonchev–Trinajstić information content (AvgIpc) is 2.87. The fourth-order valence-electron chi connectivity index (χ4n) is 3.79. The summed E-state index contributed by atoms with van der Waals surface area (Å²) < 4.78 is 18.7. The molecule has 0 spiro atoms. The number of rotatable bonds is 10. The van der Waals surface area contributed by atoms with Crippen molar-refractivity contribution >= 4 is 25.9 Å². The molecule has 1 unspecified atom stereocenters. The quantitative estimate of drug-likeness (QED) is 0.276. The zero-order valence-corrected chi connectivity index (χ0v) is 26.0. The summed E-state index contributed by atoms with van der Waals surface area (Å²) in [5, 5.41) is 2.86. The van der Waals surface area contributed by atoms with Crippen LogP contribution in [0.2, 0.25) is 18.1 Å². The largest absolute Gasteiger partial charge is 0.488 e. The van der Waals surface area contributed by atoms with Crippen LogP contribution in [0.3, 0.4) is 0 Å². The van der Waals surface area contributed by atoms with Crippen molar-refractivity contribution in [3.8, 4) is 17.2 Å². The third-order valence-electron chi connectivity index (χ3n) is 7.47. The highest BCUT2D eigenvalue weighted by Crippen LogP contribution is 2.37. The SMILES string of the molecule is Cc1cnc(NC(=O)c2cc(Oc3ccc(C(=O)N4CCC4)cc3)cc(OC(C)CO[Si](C)(C)C(C)(C)C)c2)cn1. The van der Waals surface area contributed by atoms with Gasteiger partial charge in [0.15, 0.2) is 14.1 Å². The number of carbonyl (C=O) groups excluding carboxylic acids is 2. The summed E-state index contributed by atoms with van der Waals surface area (Å²) in [6.07, 6.45) is 3.88. The first-order valence-corrected chi connectivity index (χ1v) is 16.8. The molecule has 41 heavy (non-hydrogen) atoms. The van der Waals surface area contributed by atoms with E-state index in [2.05, 4.69) is 49.1 Å². The zero-order valence-electron chi connectivity index (χ0n) is 25.0. The summed E-state index contributed by atoms with van der Waals surface area (Å²) in [6.45, 7) is 16.8. The molecule has 10 heteroatoms. The van der Waals surface area contributed by atoms with Crippen molar-refractivity contribution in [3.05, 3.63) is 71.7 Å². The average molecular weight is 577 g/mol. The van der Waals surface area contributed by atoms with E-state index < -0.39 is 8.32 Å². The van der Waals surface area contributed by atoms with E-state index in [-0.39, 0.29) is 23.0 Å². The van der Waals surface area contributed by atoms with Crippen molar-refractivity contribution in [2.24, 2.45) is 0 Å². The van der Waals surface area contributed by atoms with Gasteiger partial charge in [0.1, 0.15) is 23.4 Å². The minimum atomic E-state index is -1.95. The lowest BCUT2D eigenvalue weighted by molar-refractivity contribution is 0.0651. The van der Waals surface area contributed by atoms with E-state index in [0.717, 1.165) is 25.2 Å². The second kappa shape index (κ2) is 12.4. The third-order valence-corrected chi connectivity index (χ3v) is 12.0. The number of nitrogens with one attached hydrogen (secondary N) is 1. The molecule has 1 aliphatic heterocycles. The Labute approximate surface area is 243 Å². The maximum absolute atomic E-state index is 13.2. The number of benzene rings is 2. The molecule has 2 amide bonds. The molecule has 2 heterocycles. The van der Waals surface area contributed by atoms with Crippen molar-refractivity contribution in [3.63, 3.8) is 0 Å². The van der Waals surface area contributed by atoms with E-state index in [1.165, 1.54) is 6.20 Å². The summed E-state index contributed by atoms with van der Waals surface area (Å²) in [6, 6.07) is 12.0. The fourth-order valence-corrected chi connectivity index (χ4v) is 4.87. The summed E-state index contributed by atoms with van der Waals surface area (Å²) in [7, 11) is -1.95. The second-order valence-electron chi connectivity index (χ2n) is 12.0. The van der Waals surface area contributed by atoms with Crippen LogP contribution in [0.15, 0.2) is 54.9 Å². The molecule has 0 radical (unpaired) electrons. The number of carbonyl (C=O) groups is 2. The van der Waals surface area contributed by atoms with Gasteiger partial charge < -0.3 is 24.1 Å². The monoisotopic (exact) mass is 576 g/mol. The van der Waals surface area contributed by atoms with Gasteiger partial charge in [0.25, 0.3) is 11.8 Å². The van der Waals surface area contributed by atoms with E-state index in [1.54, 1.807) is 48.7 Å². The van der Waals surface area contributed by atoms with Gasteiger partial charge in [0.05, 0.1) is 24.7 Å². The van der Waals surface area contributed by atoms with E-state index in [9.17, 15) is 9.59 Å². The molecule has 1 saturated heterocycles. The van der Waals surface area contributed by atoms with Gasteiger partial charge in [-0.15, -0.1) is 0 Å². The van der Waals surface area contributed by atoms with Crippen LogP contribution in [0.4, 0.5) is 5.82 Å². The lowest BCUT2D eigenvalue weighted by atomic mass is 10.1. The number of nitrogens with zero attached hydrogens (tertiary/aromatic N) is 3. The molecule has 1 aromatic heterocycles. The molecule has 1 fully saturated rings. The molecular weight excluding hydrogens is 536 g/mol. The number of aryl methyl sites for hydroxylation is 1. The highest BCUT2D eigenvalue weighted by atomic mass is 28.4.